The van der Waals surface area contributed by atoms with Gasteiger partial charge >= 0.3 is 11.1 Å². The molecule has 0 unspecified atom stereocenters. The van der Waals surface area contributed by atoms with Crippen LogP contribution in [0.15, 0.2) is 40.2 Å². The SMILES string of the molecule is COc1ccc(C(C)=O)cc1Cn1ccn(C)c(=O)c1=O. The highest BCUT2D eigenvalue weighted by molar-refractivity contribution is 5.94. The molecule has 0 spiro atoms. The predicted molar refractivity (Wildman–Crippen MR) is 78.0 cm³/mol. The molecule has 0 aliphatic heterocycles. The number of benzene rings is 1. The second kappa shape index (κ2) is 5.78. The van der Waals surface area contributed by atoms with Crippen LogP contribution in [0.25, 0.3) is 0 Å². The van der Waals surface area contributed by atoms with Crippen LogP contribution in [-0.4, -0.2) is 22.0 Å². The Hall–Kier alpha value is -2.63. The van der Waals surface area contributed by atoms with Crippen LogP contribution in [-0.2, 0) is 13.6 Å². The highest BCUT2D eigenvalue weighted by Crippen LogP contribution is 2.20. The number of hydrogen-bond acceptors (Lipinski definition) is 4. The van der Waals surface area contributed by atoms with Gasteiger partial charge in [-0.15, -0.1) is 0 Å². The monoisotopic (exact) mass is 288 g/mol. The third kappa shape index (κ3) is 2.94. The summed E-state index contributed by atoms with van der Waals surface area (Å²) in [5, 5.41) is 0. The minimum Gasteiger partial charge on any atom is -0.496 e. The first-order valence-corrected chi connectivity index (χ1v) is 6.38. The maximum Gasteiger partial charge on any atom is 0.316 e. The number of aryl methyl sites for hydroxylation is 1. The van der Waals surface area contributed by atoms with E-state index < -0.39 is 11.1 Å². The van der Waals surface area contributed by atoms with Gasteiger partial charge in [0.05, 0.1) is 13.7 Å². The molecule has 110 valence electrons. The molecule has 1 aromatic carbocycles. The molecule has 0 bridgehead atoms. The zero-order valence-corrected chi connectivity index (χ0v) is 12.1. The van der Waals surface area contributed by atoms with Crippen molar-refractivity contribution in [1.29, 1.82) is 0 Å². The Bertz CT molecular complexity index is 802. The Morgan fingerprint density at radius 3 is 2.52 bits per heavy atom. The van der Waals surface area contributed by atoms with E-state index in [0.717, 1.165) is 0 Å². The predicted octanol–water partition coefficient (Wildman–Crippen LogP) is 0.806. The fraction of sp³-hybridized carbons (Fsp3) is 0.267. The maximum atomic E-state index is 11.9. The Kier molecular flexibility index (Phi) is 4.07. The van der Waals surface area contributed by atoms with Gasteiger partial charge in [-0.3, -0.25) is 14.4 Å². The van der Waals surface area contributed by atoms with Crippen molar-refractivity contribution in [3.05, 3.63) is 62.4 Å². The van der Waals surface area contributed by atoms with Gasteiger partial charge in [-0.1, -0.05) is 0 Å². The van der Waals surface area contributed by atoms with E-state index in [1.54, 1.807) is 18.2 Å². The molecule has 1 heterocycles. The largest absolute Gasteiger partial charge is 0.496 e. The molecule has 0 fully saturated rings. The number of methoxy groups -OCH3 is 1. The van der Waals surface area contributed by atoms with Crippen molar-refractivity contribution in [2.24, 2.45) is 7.05 Å². The molecule has 1 aromatic heterocycles. The van der Waals surface area contributed by atoms with Gasteiger partial charge in [-0.2, -0.15) is 0 Å². The number of carbonyl (C=O) groups is 1. The lowest BCUT2D eigenvalue weighted by Crippen LogP contribution is -2.39. The summed E-state index contributed by atoms with van der Waals surface area (Å²) < 4.78 is 7.76. The molecule has 0 aliphatic rings. The summed E-state index contributed by atoms with van der Waals surface area (Å²) in [5.74, 6) is 0.489. The number of nitrogens with zero attached hydrogens (tertiary/aromatic N) is 2. The highest BCUT2D eigenvalue weighted by Gasteiger charge is 2.10. The van der Waals surface area contributed by atoms with Gasteiger partial charge in [-0.25, -0.2) is 0 Å². The third-order valence-electron chi connectivity index (χ3n) is 3.26. The van der Waals surface area contributed by atoms with Gasteiger partial charge in [0.1, 0.15) is 5.75 Å². The number of ketones is 1. The summed E-state index contributed by atoms with van der Waals surface area (Å²) in [6.07, 6.45) is 3.05. The van der Waals surface area contributed by atoms with Crippen molar-refractivity contribution < 1.29 is 9.53 Å². The molecular formula is C15H16N2O4. The van der Waals surface area contributed by atoms with E-state index >= 15 is 0 Å². The van der Waals surface area contributed by atoms with Gasteiger partial charge in [0.25, 0.3) is 0 Å². The Morgan fingerprint density at radius 1 is 1.19 bits per heavy atom. The van der Waals surface area contributed by atoms with Crippen molar-refractivity contribution in [3.63, 3.8) is 0 Å². The summed E-state index contributed by atoms with van der Waals surface area (Å²) in [7, 11) is 3.03. The number of carbonyl (C=O) groups excluding carboxylic acids is 1. The first kappa shape index (κ1) is 14.8. The maximum absolute atomic E-state index is 11.9. The molecule has 0 saturated carbocycles. The quantitative estimate of drug-likeness (QED) is 0.616. The lowest BCUT2D eigenvalue weighted by Gasteiger charge is -2.11. The average molecular weight is 288 g/mol. The average Bonchev–Trinajstić information content (AvgIpc) is 2.47. The highest BCUT2D eigenvalue weighted by atomic mass is 16.5. The zero-order valence-electron chi connectivity index (χ0n) is 12.1. The van der Waals surface area contributed by atoms with Crippen molar-refractivity contribution >= 4 is 5.78 Å². The van der Waals surface area contributed by atoms with Crippen LogP contribution >= 0.6 is 0 Å². The molecule has 21 heavy (non-hydrogen) atoms. The van der Waals surface area contributed by atoms with Crippen molar-refractivity contribution in [2.45, 2.75) is 13.5 Å². The van der Waals surface area contributed by atoms with E-state index in [1.165, 1.54) is 42.6 Å². The molecule has 0 N–H and O–H groups in total. The molecule has 2 rings (SSSR count). The molecule has 0 aliphatic carbocycles. The molecular weight excluding hydrogens is 272 g/mol. The summed E-state index contributed by atoms with van der Waals surface area (Å²) in [5.41, 5.74) is -0.0160. The lowest BCUT2D eigenvalue weighted by molar-refractivity contribution is 0.101. The van der Waals surface area contributed by atoms with Crippen LogP contribution in [0, 0.1) is 0 Å². The van der Waals surface area contributed by atoms with Crippen molar-refractivity contribution in [1.82, 2.24) is 9.13 Å². The molecule has 0 saturated heterocycles. The molecule has 6 heteroatoms. The van der Waals surface area contributed by atoms with Gasteiger partial charge < -0.3 is 13.9 Å². The van der Waals surface area contributed by atoms with Crippen LogP contribution in [0.1, 0.15) is 22.8 Å². The Morgan fingerprint density at radius 2 is 1.90 bits per heavy atom. The van der Waals surface area contributed by atoms with E-state index in [2.05, 4.69) is 0 Å². The van der Waals surface area contributed by atoms with Crippen LogP contribution < -0.4 is 15.9 Å². The minimum absolute atomic E-state index is 0.0739. The number of aromatic nitrogens is 2. The Labute approximate surface area is 121 Å². The molecule has 0 radical (unpaired) electrons. The molecule has 0 atom stereocenters. The van der Waals surface area contributed by atoms with Crippen molar-refractivity contribution in [2.75, 3.05) is 7.11 Å². The van der Waals surface area contributed by atoms with Crippen LogP contribution in [0.2, 0.25) is 0 Å². The minimum atomic E-state index is -0.615. The smallest absolute Gasteiger partial charge is 0.316 e. The summed E-state index contributed by atoms with van der Waals surface area (Å²) in [6, 6.07) is 5.01. The summed E-state index contributed by atoms with van der Waals surface area (Å²) >= 11 is 0. The van der Waals surface area contributed by atoms with Gasteiger partial charge in [0.15, 0.2) is 5.78 Å². The first-order chi connectivity index (χ1) is 9.93. The standard InChI is InChI=1S/C15H16N2O4/c1-10(18)11-4-5-13(21-3)12(8-11)9-17-7-6-16(2)14(19)15(17)20/h4-8H,9H2,1-3H3. The molecule has 2 aromatic rings. The fourth-order valence-electron chi connectivity index (χ4n) is 2.02. The third-order valence-corrected chi connectivity index (χ3v) is 3.26. The van der Waals surface area contributed by atoms with Gasteiger partial charge in [-0.05, 0) is 25.1 Å². The number of Topliss-reactive ketones (excluding diaryl/α,β-unsaturated/α-hetero) is 1. The lowest BCUT2D eigenvalue weighted by atomic mass is 10.1. The van der Waals surface area contributed by atoms with Crippen LogP contribution in [0.3, 0.4) is 0 Å². The summed E-state index contributed by atoms with van der Waals surface area (Å²) in [4.78, 5) is 35.0. The number of hydrogen-bond donors (Lipinski definition) is 0. The van der Waals surface area contributed by atoms with E-state index in [-0.39, 0.29) is 12.3 Å². The second-order valence-corrected chi connectivity index (χ2v) is 4.73. The fourth-order valence-corrected chi connectivity index (χ4v) is 2.02. The van der Waals surface area contributed by atoms with Crippen molar-refractivity contribution in [3.8, 4) is 5.75 Å². The van der Waals surface area contributed by atoms with E-state index in [1.807, 2.05) is 0 Å². The number of ether oxygens (including phenoxy) is 1. The molecule has 6 nitrogen and oxygen atoms in total. The molecule has 0 amide bonds. The van der Waals surface area contributed by atoms with Gasteiger partial charge in [0, 0.05) is 30.6 Å². The van der Waals surface area contributed by atoms with Crippen LogP contribution in [0.4, 0.5) is 0 Å². The zero-order chi connectivity index (χ0) is 15.6. The normalized spacial score (nSPS) is 10.4. The second-order valence-electron chi connectivity index (χ2n) is 4.73. The number of rotatable bonds is 4. The van der Waals surface area contributed by atoms with E-state index in [0.29, 0.717) is 16.9 Å². The van der Waals surface area contributed by atoms with Gasteiger partial charge in [0.2, 0.25) is 0 Å². The topological polar surface area (TPSA) is 70.3 Å². The van der Waals surface area contributed by atoms with E-state index in [4.69, 9.17) is 4.74 Å². The van der Waals surface area contributed by atoms with Crippen LogP contribution in [0.5, 0.6) is 5.75 Å². The first-order valence-electron chi connectivity index (χ1n) is 6.38. The summed E-state index contributed by atoms with van der Waals surface area (Å²) in [6.45, 7) is 1.63. The Balaban J connectivity index is 2.50. The van der Waals surface area contributed by atoms with E-state index in [9.17, 15) is 14.4 Å².